The van der Waals surface area contributed by atoms with Crippen molar-refractivity contribution in [3.8, 4) is 0 Å². The molecule has 3 heteroatoms. The molecule has 0 fully saturated rings. The number of alkyl halides is 1. The SMILES string of the molecule is CCCCN=C(N)CCl. The lowest BCUT2D eigenvalue weighted by Crippen LogP contribution is -2.13. The number of hydrogen-bond acceptors (Lipinski definition) is 1. The molecule has 0 saturated heterocycles. The predicted octanol–water partition coefficient (Wildman–Crippen LogP) is 1.38. The van der Waals surface area contributed by atoms with Crippen molar-refractivity contribution in [2.75, 3.05) is 12.4 Å². The fraction of sp³-hybridized carbons (Fsp3) is 0.833. The highest BCUT2D eigenvalue weighted by Gasteiger charge is 1.85. The van der Waals surface area contributed by atoms with Gasteiger partial charge in [-0.2, -0.15) is 0 Å². The molecule has 0 heterocycles. The molecule has 2 nitrogen and oxygen atoms in total. The summed E-state index contributed by atoms with van der Waals surface area (Å²) >= 11 is 5.38. The third-order valence-electron chi connectivity index (χ3n) is 0.963. The van der Waals surface area contributed by atoms with Gasteiger partial charge in [0.2, 0.25) is 0 Å². The van der Waals surface area contributed by atoms with Gasteiger partial charge in [0.1, 0.15) is 5.84 Å². The molecular weight excluding hydrogens is 136 g/mol. The van der Waals surface area contributed by atoms with Crippen molar-refractivity contribution in [2.24, 2.45) is 10.7 Å². The van der Waals surface area contributed by atoms with Gasteiger partial charge in [-0.15, -0.1) is 11.6 Å². The number of nitrogens with two attached hydrogens (primary N) is 1. The van der Waals surface area contributed by atoms with Gasteiger partial charge >= 0.3 is 0 Å². The highest BCUT2D eigenvalue weighted by molar-refractivity contribution is 6.27. The van der Waals surface area contributed by atoms with Crippen LogP contribution in [0.4, 0.5) is 0 Å². The number of amidine groups is 1. The van der Waals surface area contributed by atoms with E-state index in [0.717, 1.165) is 19.4 Å². The zero-order chi connectivity index (χ0) is 7.11. The summed E-state index contributed by atoms with van der Waals surface area (Å²) < 4.78 is 0. The molecule has 0 aromatic carbocycles. The van der Waals surface area contributed by atoms with E-state index in [4.69, 9.17) is 17.3 Å². The summed E-state index contributed by atoms with van der Waals surface area (Å²) in [5.74, 6) is 0.897. The van der Waals surface area contributed by atoms with Gasteiger partial charge in [-0.3, -0.25) is 4.99 Å². The zero-order valence-electron chi connectivity index (χ0n) is 5.73. The topological polar surface area (TPSA) is 38.4 Å². The Balaban J connectivity index is 3.21. The minimum absolute atomic E-state index is 0.351. The quantitative estimate of drug-likeness (QED) is 0.278. The van der Waals surface area contributed by atoms with Crippen molar-refractivity contribution >= 4 is 17.4 Å². The third kappa shape index (κ3) is 5.63. The smallest absolute Gasteiger partial charge is 0.109 e. The standard InChI is InChI=1S/C6H13ClN2/c1-2-3-4-9-6(8)5-7/h2-5H2,1H3,(H2,8,9). The van der Waals surface area contributed by atoms with Crippen molar-refractivity contribution in [3.05, 3.63) is 0 Å². The van der Waals surface area contributed by atoms with Crippen LogP contribution in [0.25, 0.3) is 0 Å². The summed E-state index contributed by atoms with van der Waals surface area (Å²) in [5.41, 5.74) is 5.33. The maximum Gasteiger partial charge on any atom is 0.109 e. The van der Waals surface area contributed by atoms with E-state index >= 15 is 0 Å². The summed E-state index contributed by atoms with van der Waals surface area (Å²) in [6.45, 7) is 2.93. The van der Waals surface area contributed by atoms with Crippen LogP contribution >= 0.6 is 11.6 Å². The lowest BCUT2D eigenvalue weighted by atomic mass is 10.3. The van der Waals surface area contributed by atoms with Crippen LogP contribution in [0.3, 0.4) is 0 Å². The number of unbranched alkanes of at least 4 members (excludes halogenated alkanes) is 1. The van der Waals surface area contributed by atoms with E-state index in [9.17, 15) is 0 Å². The minimum Gasteiger partial charge on any atom is -0.386 e. The molecule has 0 amide bonds. The molecule has 0 atom stereocenters. The van der Waals surface area contributed by atoms with Gasteiger partial charge < -0.3 is 5.73 Å². The van der Waals surface area contributed by atoms with Gasteiger partial charge in [0, 0.05) is 6.54 Å². The molecule has 0 aliphatic carbocycles. The average Bonchev–Trinajstić information content (AvgIpc) is 1.89. The third-order valence-corrected chi connectivity index (χ3v) is 1.24. The van der Waals surface area contributed by atoms with Gasteiger partial charge in [-0.1, -0.05) is 13.3 Å². The molecular formula is C6H13ClN2. The number of rotatable bonds is 4. The Kier molecular flexibility index (Phi) is 5.73. The second kappa shape index (κ2) is 5.89. The van der Waals surface area contributed by atoms with Crippen LogP contribution in [0.15, 0.2) is 4.99 Å². The van der Waals surface area contributed by atoms with E-state index < -0.39 is 0 Å². The van der Waals surface area contributed by atoms with Gasteiger partial charge in [0.25, 0.3) is 0 Å². The van der Waals surface area contributed by atoms with E-state index in [0.29, 0.717) is 11.7 Å². The largest absolute Gasteiger partial charge is 0.386 e. The molecule has 54 valence electrons. The maximum absolute atomic E-state index is 5.38. The van der Waals surface area contributed by atoms with Gasteiger partial charge in [-0.05, 0) is 6.42 Å². The first-order valence-electron chi connectivity index (χ1n) is 3.16. The Morgan fingerprint density at radius 3 is 2.78 bits per heavy atom. The normalized spacial score (nSPS) is 12.0. The lowest BCUT2D eigenvalue weighted by molar-refractivity contribution is 0.807. The van der Waals surface area contributed by atoms with Crippen molar-refractivity contribution in [1.29, 1.82) is 0 Å². The molecule has 2 N–H and O–H groups in total. The first-order valence-corrected chi connectivity index (χ1v) is 3.69. The Morgan fingerprint density at radius 1 is 1.67 bits per heavy atom. The van der Waals surface area contributed by atoms with Crippen LogP contribution in [0.1, 0.15) is 19.8 Å². The van der Waals surface area contributed by atoms with Gasteiger partial charge in [-0.25, -0.2) is 0 Å². The highest BCUT2D eigenvalue weighted by Crippen LogP contribution is 1.86. The fourth-order valence-electron chi connectivity index (χ4n) is 0.423. The predicted molar refractivity (Wildman–Crippen MR) is 42.1 cm³/mol. The molecule has 0 bridgehead atoms. The van der Waals surface area contributed by atoms with Crippen molar-refractivity contribution in [3.63, 3.8) is 0 Å². The fourth-order valence-corrected chi connectivity index (χ4v) is 0.508. The maximum atomic E-state index is 5.38. The second-order valence-corrected chi connectivity index (χ2v) is 2.13. The Hall–Kier alpha value is -0.240. The molecule has 0 saturated carbocycles. The molecule has 0 rings (SSSR count). The van der Waals surface area contributed by atoms with E-state index in [2.05, 4.69) is 11.9 Å². The monoisotopic (exact) mass is 148 g/mol. The summed E-state index contributed by atoms with van der Waals surface area (Å²) in [6.07, 6.45) is 2.25. The van der Waals surface area contributed by atoms with Crippen molar-refractivity contribution in [1.82, 2.24) is 0 Å². The highest BCUT2D eigenvalue weighted by atomic mass is 35.5. The summed E-state index contributed by atoms with van der Waals surface area (Å²) in [6, 6.07) is 0. The molecule has 0 spiro atoms. The second-order valence-electron chi connectivity index (χ2n) is 1.86. The van der Waals surface area contributed by atoms with Crippen LogP contribution in [0.2, 0.25) is 0 Å². The average molecular weight is 149 g/mol. The first-order chi connectivity index (χ1) is 4.31. The molecule has 0 aliphatic heterocycles. The molecule has 0 aromatic rings. The summed E-state index contributed by atoms with van der Waals surface area (Å²) in [7, 11) is 0. The Bertz CT molecular complexity index is 91.1. The van der Waals surface area contributed by atoms with E-state index in [1.807, 2.05) is 0 Å². The van der Waals surface area contributed by atoms with Crippen LogP contribution in [0, 0.1) is 0 Å². The Labute approximate surface area is 61.1 Å². The van der Waals surface area contributed by atoms with Gasteiger partial charge in [0.15, 0.2) is 0 Å². The zero-order valence-corrected chi connectivity index (χ0v) is 6.49. The molecule has 9 heavy (non-hydrogen) atoms. The van der Waals surface area contributed by atoms with Crippen LogP contribution in [0.5, 0.6) is 0 Å². The summed E-state index contributed by atoms with van der Waals surface area (Å²) in [5, 5.41) is 0. The van der Waals surface area contributed by atoms with Crippen molar-refractivity contribution < 1.29 is 0 Å². The van der Waals surface area contributed by atoms with Gasteiger partial charge in [0.05, 0.1) is 5.88 Å². The molecule has 0 aliphatic rings. The first kappa shape index (κ1) is 8.76. The molecule has 0 aromatic heterocycles. The minimum atomic E-state index is 0.351. The number of nitrogens with zero attached hydrogens (tertiary/aromatic N) is 1. The Morgan fingerprint density at radius 2 is 2.33 bits per heavy atom. The number of hydrogen-bond donors (Lipinski definition) is 1. The van der Waals surface area contributed by atoms with Crippen LogP contribution in [-0.2, 0) is 0 Å². The lowest BCUT2D eigenvalue weighted by Gasteiger charge is -1.92. The van der Waals surface area contributed by atoms with E-state index in [1.54, 1.807) is 0 Å². The molecule has 0 radical (unpaired) electrons. The molecule has 0 unspecified atom stereocenters. The number of aliphatic imine (C=N–C) groups is 1. The van der Waals surface area contributed by atoms with Crippen LogP contribution in [-0.4, -0.2) is 18.3 Å². The number of halogens is 1. The summed E-state index contributed by atoms with van der Waals surface area (Å²) in [4.78, 5) is 3.99. The van der Waals surface area contributed by atoms with Crippen molar-refractivity contribution in [2.45, 2.75) is 19.8 Å². The van der Waals surface area contributed by atoms with Crippen LogP contribution < -0.4 is 5.73 Å². The van der Waals surface area contributed by atoms with E-state index in [1.165, 1.54) is 0 Å². The van der Waals surface area contributed by atoms with E-state index in [-0.39, 0.29) is 0 Å².